The normalized spacial score (nSPS) is 12.0. The van der Waals surface area contributed by atoms with Crippen LogP contribution in [0.1, 0.15) is 89.1 Å². The first-order valence-corrected chi connectivity index (χ1v) is 19.6. The van der Waals surface area contributed by atoms with Crippen LogP contribution in [0.25, 0.3) is 32.0 Å². The van der Waals surface area contributed by atoms with Crippen LogP contribution in [0.5, 0.6) is 0 Å². The van der Waals surface area contributed by atoms with Gasteiger partial charge in [0.25, 0.3) is 0 Å². The van der Waals surface area contributed by atoms with Gasteiger partial charge in [0, 0.05) is 44.7 Å². The summed E-state index contributed by atoms with van der Waals surface area (Å²) in [5.74, 6) is 0.793. The molecule has 0 bridgehead atoms. The Hall–Kier alpha value is -3.73. The zero-order chi connectivity index (χ0) is 36.3. The Morgan fingerprint density at radius 3 is 1.64 bits per heavy atom. The average Bonchev–Trinajstić information content (AvgIpc) is 3.71. The SMILES string of the molecule is CCCC(=O)N(CCC)Cc1ncc(-c2ccc(-c3ccc(-c4cnc(CN(C)CCC)s4)cc3)cc2)s1.CCCC=O.CNC(=O)C1CC1. The lowest BCUT2D eigenvalue weighted by Crippen LogP contribution is -2.30. The highest BCUT2D eigenvalue weighted by Crippen LogP contribution is 2.32. The Labute approximate surface area is 307 Å². The Bertz CT molecular complexity index is 1580. The van der Waals surface area contributed by atoms with E-state index in [-0.39, 0.29) is 11.8 Å². The Morgan fingerprint density at radius 2 is 1.26 bits per heavy atom. The molecule has 10 heteroatoms. The second kappa shape index (κ2) is 22.2. The summed E-state index contributed by atoms with van der Waals surface area (Å²) in [4.78, 5) is 48.2. The molecule has 0 atom stereocenters. The highest BCUT2D eigenvalue weighted by molar-refractivity contribution is 7.15. The van der Waals surface area contributed by atoms with E-state index in [9.17, 15) is 14.4 Å². The second-order valence-electron chi connectivity index (χ2n) is 12.5. The number of rotatable bonds is 16. The number of hydrogen-bond donors (Lipinski definition) is 1. The molecule has 1 N–H and O–H groups in total. The molecule has 2 heterocycles. The van der Waals surface area contributed by atoms with E-state index in [4.69, 9.17) is 0 Å². The third-order valence-electron chi connectivity index (χ3n) is 8.03. The highest BCUT2D eigenvalue weighted by Gasteiger charge is 2.28. The maximum atomic E-state index is 12.4. The van der Waals surface area contributed by atoms with Crippen LogP contribution in [0.3, 0.4) is 0 Å². The minimum Gasteiger partial charge on any atom is -0.359 e. The summed E-state index contributed by atoms with van der Waals surface area (Å²) in [5, 5.41) is 4.73. The zero-order valence-corrected chi connectivity index (χ0v) is 32.4. The molecule has 1 aliphatic carbocycles. The largest absolute Gasteiger partial charge is 0.359 e. The van der Waals surface area contributed by atoms with E-state index in [0.717, 1.165) is 84.9 Å². The monoisotopic (exact) mass is 717 g/mol. The first kappa shape index (κ1) is 40.7. The number of carbonyl (C=O) groups excluding carboxylic acids is 3. The number of nitrogens with zero attached hydrogens (tertiary/aromatic N) is 4. The van der Waals surface area contributed by atoms with Gasteiger partial charge in [-0.15, -0.1) is 22.7 Å². The molecular formula is C40H55N5O3S2. The van der Waals surface area contributed by atoms with Crippen LogP contribution in [0.2, 0.25) is 0 Å². The molecule has 270 valence electrons. The number of unbranched alkanes of at least 4 members (excludes halogenated alkanes) is 1. The molecule has 1 saturated carbocycles. The molecule has 1 aliphatic rings. The fourth-order valence-electron chi connectivity index (χ4n) is 5.14. The van der Waals surface area contributed by atoms with Crippen molar-refractivity contribution in [1.29, 1.82) is 0 Å². The molecule has 0 radical (unpaired) electrons. The lowest BCUT2D eigenvalue weighted by molar-refractivity contribution is -0.132. The fraction of sp³-hybridized carbons (Fsp3) is 0.475. The predicted octanol–water partition coefficient (Wildman–Crippen LogP) is 9.11. The van der Waals surface area contributed by atoms with Gasteiger partial charge in [-0.25, -0.2) is 9.97 Å². The first-order chi connectivity index (χ1) is 24.3. The standard InChI is InChI=1S/C31H38N4OS2.C5H9NO.C4H8O/c1-5-8-31(36)35(18-7-3)22-30-33-20-28(38-30)26-15-11-24(12-16-26)23-9-13-25(14-10-23)27-19-32-29(37-27)21-34(4)17-6-2;1-6-5(7)4-2-3-4;1-2-3-4-5/h9-16,19-20H,5-8,17-18,21-22H2,1-4H3;4H,2-3H2,1H3,(H,6,7);4H,2-3H2,1H3. The van der Waals surface area contributed by atoms with E-state index in [0.29, 0.717) is 25.3 Å². The van der Waals surface area contributed by atoms with Gasteiger partial charge in [-0.2, -0.15) is 0 Å². The molecular weight excluding hydrogens is 663 g/mol. The molecule has 8 nitrogen and oxygen atoms in total. The van der Waals surface area contributed by atoms with E-state index in [1.54, 1.807) is 29.7 Å². The van der Waals surface area contributed by atoms with E-state index in [1.165, 1.54) is 21.6 Å². The smallest absolute Gasteiger partial charge is 0.222 e. The fourth-order valence-corrected chi connectivity index (χ4v) is 7.09. The number of aromatic nitrogens is 2. The predicted molar refractivity (Wildman–Crippen MR) is 209 cm³/mol. The molecule has 0 saturated heterocycles. The summed E-state index contributed by atoms with van der Waals surface area (Å²) in [6, 6.07) is 17.4. The Morgan fingerprint density at radius 1 is 0.760 bits per heavy atom. The lowest BCUT2D eigenvalue weighted by atomic mass is 10.0. The number of benzene rings is 2. The molecule has 1 fully saturated rings. The minimum absolute atomic E-state index is 0.208. The van der Waals surface area contributed by atoms with Crippen LogP contribution in [0.15, 0.2) is 60.9 Å². The van der Waals surface area contributed by atoms with Gasteiger partial charge in [0.2, 0.25) is 11.8 Å². The zero-order valence-electron chi connectivity index (χ0n) is 30.7. The summed E-state index contributed by atoms with van der Waals surface area (Å²) in [7, 11) is 3.83. The maximum Gasteiger partial charge on any atom is 0.222 e. The van der Waals surface area contributed by atoms with Crippen LogP contribution < -0.4 is 5.32 Å². The summed E-state index contributed by atoms with van der Waals surface area (Å²) in [6.07, 6.45) is 12.3. The number of hydrogen-bond acceptors (Lipinski definition) is 8. The average molecular weight is 718 g/mol. The molecule has 0 spiro atoms. The molecule has 4 aromatic rings. The number of thiazole rings is 2. The molecule has 5 rings (SSSR count). The van der Waals surface area contributed by atoms with Crippen LogP contribution in [-0.4, -0.2) is 65.1 Å². The Kier molecular flexibility index (Phi) is 18.0. The quantitative estimate of drug-likeness (QED) is 0.116. The number of amides is 2. The van der Waals surface area contributed by atoms with Gasteiger partial charge in [-0.05, 0) is 74.4 Å². The van der Waals surface area contributed by atoms with Crippen molar-refractivity contribution in [2.45, 2.75) is 92.2 Å². The van der Waals surface area contributed by atoms with Gasteiger partial charge >= 0.3 is 0 Å². The third kappa shape index (κ3) is 13.5. The van der Waals surface area contributed by atoms with E-state index in [2.05, 4.69) is 89.6 Å². The topological polar surface area (TPSA) is 95.5 Å². The van der Waals surface area contributed by atoms with E-state index < -0.39 is 0 Å². The van der Waals surface area contributed by atoms with Crippen LogP contribution in [-0.2, 0) is 27.5 Å². The van der Waals surface area contributed by atoms with Crippen LogP contribution in [0.4, 0.5) is 0 Å². The summed E-state index contributed by atoms with van der Waals surface area (Å²) in [6.45, 7) is 11.7. The van der Waals surface area contributed by atoms with Gasteiger partial charge in [0.05, 0.1) is 22.8 Å². The first-order valence-electron chi connectivity index (χ1n) is 18.0. The van der Waals surface area contributed by atoms with E-state index in [1.807, 2.05) is 31.1 Å². The lowest BCUT2D eigenvalue weighted by Gasteiger charge is -2.20. The number of nitrogens with one attached hydrogen (secondary N) is 1. The highest BCUT2D eigenvalue weighted by atomic mass is 32.1. The summed E-state index contributed by atoms with van der Waals surface area (Å²) >= 11 is 3.45. The van der Waals surface area contributed by atoms with Gasteiger partial charge in [0.1, 0.15) is 16.3 Å². The Balaban J connectivity index is 0.000000477. The molecule has 0 unspecified atom stereocenters. The minimum atomic E-state index is 0.208. The summed E-state index contributed by atoms with van der Waals surface area (Å²) < 4.78 is 0. The number of aldehydes is 1. The van der Waals surface area contributed by atoms with Crippen molar-refractivity contribution in [1.82, 2.24) is 25.1 Å². The van der Waals surface area contributed by atoms with Crippen molar-refractivity contribution >= 4 is 40.8 Å². The van der Waals surface area contributed by atoms with E-state index >= 15 is 0 Å². The van der Waals surface area contributed by atoms with Gasteiger partial charge in [0.15, 0.2) is 0 Å². The van der Waals surface area contributed by atoms with Crippen molar-refractivity contribution in [3.8, 4) is 32.0 Å². The van der Waals surface area contributed by atoms with Crippen LogP contribution >= 0.6 is 22.7 Å². The van der Waals surface area contributed by atoms with Gasteiger partial charge in [-0.3, -0.25) is 14.5 Å². The summed E-state index contributed by atoms with van der Waals surface area (Å²) in [5.41, 5.74) is 4.75. The van der Waals surface area contributed by atoms with Crippen molar-refractivity contribution in [3.05, 3.63) is 70.9 Å². The molecule has 0 aliphatic heterocycles. The van der Waals surface area contributed by atoms with Crippen LogP contribution in [0, 0.1) is 5.92 Å². The molecule has 50 heavy (non-hydrogen) atoms. The molecule has 2 aromatic carbocycles. The number of carbonyl (C=O) groups is 3. The van der Waals surface area contributed by atoms with Crippen molar-refractivity contribution in [2.24, 2.45) is 5.92 Å². The molecule has 2 aromatic heterocycles. The van der Waals surface area contributed by atoms with Crippen molar-refractivity contribution in [2.75, 3.05) is 27.2 Å². The van der Waals surface area contributed by atoms with Crippen molar-refractivity contribution < 1.29 is 14.4 Å². The second-order valence-corrected chi connectivity index (χ2v) is 14.8. The molecule has 2 amide bonds. The van der Waals surface area contributed by atoms with Crippen molar-refractivity contribution in [3.63, 3.8) is 0 Å². The van der Waals surface area contributed by atoms with Gasteiger partial charge in [-0.1, -0.05) is 76.2 Å². The van der Waals surface area contributed by atoms with Gasteiger partial charge < -0.3 is 15.0 Å². The maximum absolute atomic E-state index is 12.4. The third-order valence-corrected chi connectivity index (χ3v) is 10.1.